The lowest BCUT2D eigenvalue weighted by Crippen LogP contribution is -2.31. The fourth-order valence-electron chi connectivity index (χ4n) is 5.89. The Balaban J connectivity index is 1.55. The Morgan fingerprint density at radius 1 is 0.784 bits per heavy atom. The van der Waals surface area contributed by atoms with E-state index in [1.165, 1.54) is 27.5 Å². The maximum Gasteiger partial charge on any atom is 0.256 e. The average Bonchev–Trinajstić information content (AvgIpc) is 3.42. The van der Waals surface area contributed by atoms with Crippen LogP contribution < -0.4 is 4.57 Å². The Kier molecular flexibility index (Phi) is 4.58. The first-order chi connectivity index (χ1) is 17.9. The smallest absolute Gasteiger partial charge is 0.256 e. The van der Waals surface area contributed by atoms with Gasteiger partial charge in [0.1, 0.15) is 12.6 Å². The predicted octanol–water partition coefficient (Wildman–Crippen LogP) is 8.24. The third-order valence-corrected chi connectivity index (χ3v) is 7.69. The van der Waals surface area contributed by atoms with Crippen molar-refractivity contribution in [1.82, 2.24) is 4.57 Å². The number of pyridine rings is 1. The molecule has 0 atom stereocenters. The van der Waals surface area contributed by atoms with Crippen molar-refractivity contribution in [2.75, 3.05) is 0 Å². The number of furan rings is 1. The van der Waals surface area contributed by atoms with Crippen LogP contribution >= 0.6 is 0 Å². The van der Waals surface area contributed by atoms with Crippen molar-refractivity contribution >= 4 is 43.7 Å². The minimum absolute atomic E-state index is 0.286. The summed E-state index contributed by atoms with van der Waals surface area (Å²) in [7, 11) is 1.88. The van der Waals surface area contributed by atoms with Crippen molar-refractivity contribution < 1.29 is 13.4 Å². The second kappa shape index (κ2) is 7.78. The van der Waals surface area contributed by atoms with Crippen LogP contribution in [0.5, 0.6) is 0 Å². The second-order valence-corrected chi connectivity index (χ2v) is 10.0. The molecule has 3 nitrogen and oxygen atoms in total. The Morgan fingerprint density at radius 3 is 2.16 bits per heavy atom. The molecule has 7 rings (SSSR count). The minimum Gasteiger partial charge on any atom is -0.449 e. The van der Waals surface area contributed by atoms with Crippen molar-refractivity contribution in [3.63, 3.8) is 0 Å². The Bertz CT molecular complexity index is 1990. The van der Waals surface area contributed by atoms with E-state index in [0.29, 0.717) is 16.6 Å². The van der Waals surface area contributed by atoms with E-state index in [9.17, 15) is 0 Å². The maximum absolute atomic E-state index is 15.5. The van der Waals surface area contributed by atoms with E-state index in [0.717, 1.165) is 33.4 Å². The van der Waals surface area contributed by atoms with E-state index in [2.05, 4.69) is 92.1 Å². The third kappa shape index (κ3) is 3.08. The molecule has 180 valence electrons. The summed E-state index contributed by atoms with van der Waals surface area (Å²) in [5, 5.41) is 3.71. The van der Waals surface area contributed by atoms with Gasteiger partial charge in [0.2, 0.25) is 11.8 Å². The lowest BCUT2D eigenvalue weighted by molar-refractivity contribution is -0.660. The van der Waals surface area contributed by atoms with Gasteiger partial charge in [-0.3, -0.25) is 0 Å². The average molecular weight is 486 g/mol. The van der Waals surface area contributed by atoms with Gasteiger partial charge in [-0.25, -0.2) is 0 Å². The van der Waals surface area contributed by atoms with E-state index < -0.39 is 0 Å². The van der Waals surface area contributed by atoms with E-state index in [1.807, 2.05) is 23.7 Å². The number of fused-ring (bicyclic) bond motifs is 6. The van der Waals surface area contributed by atoms with E-state index >= 15 is 4.39 Å². The maximum atomic E-state index is 15.5. The predicted molar refractivity (Wildman–Crippen MR) is 149 cm³/mol. The van der Waals surface area contributed by atoms with Crippen LogP contribution in [-0.2, 0) is 7.05 Å². The number of rotatable bonds is 2. The van der Waals surface area contributed by atoms with Crippen molar-refractivity contribution in [2.24, 2.45) is 7.05 Å². The van der Waals surface area contributed by atoms with Gasteiger partial charge < -0.3 is 8.98 Å². The number of aryl methyl sites for hydroxylation is 3. The van der Waals surface area contributed by atoms with Gasteiger partial charge in [0, 0.05) is 27.9 Å². The molecule has 4 aromatic carbocycles. The molecule has 0 radical (unpaired) electrons. The molecule has 3 heterocycles. The van der Waals surface area contributed by atoms with Crippen molar-refractivity contribution in [3.8, 4) is 16.9 Å². The van der Waals surface area contributed by atoms with Gasteiger partial charge in [-0.15, -0.1) is 0 Å². The van der Waals surface area contributed by atoms with Crippen LogP contribution in [0.15, 0.2) is 89.5 Å². The zero-order valence-corrected chi connectivity index (χ0v) is 21.3. The van der Waals surface area contributed by atoms with Crippen LogP contribution in [0.2, 0.25) is 0 Å². The van der Waals surface area contributed by atoms with Gasteiger partial charge in [-0.1, -0.05) is 48.0 Å². The second-order valence-electron chi connectivity index (χ2n) is 10.0. The summed E-state index contributed by atoms with van der Waals surface area (Å²) in [6.45, 7) is 6.32. The molecule has 0 saturated carbocycles. The van der Waals surface area contributed by atoms with Crippen LogP contribution in [0, 0.1) is 26.6 Å². The fourth-order valence-corrected chi connectivity index (χ4v) is 5.89. The number of hydrogen-bond acceptors (Lipinski definition) is 1. The van der Waals surface area contributed by atoms with Crippen molar-refractivity contribution in [1.29, 1.82) is 0 Å². The summed E-state index contributed by atoms with van der Waals surface area (Å²) in [6, 6.07) is 27.3. The Labute approximate surface area is 214 Å². The van der Waals surface area contributed by atoms with Crippen LogP contribution in [0.1, 0.15) is 16.7 Å². The third-order valence-electron chi connectivity index (χ3n) is 7.69. The van der Waals surface area contributed by atoms with Gasteiger partial charge >= 0.3 is 0 Å². The van der Waals surface area contributed by atoms with Crippen LogP contribution in [-0.4, -0.2) is 4.57 Å². The minimum atomic E-state index is -0.286. The lowest BCUT2D eigenvalue weighted by atomic mass is 9.96. The molecule has 0 aliphatic carbocycles. The number of halogens is 1. The zero-order chi connectivity index (χ0) is 25.4. The number of aromatic nitrogens is 2. The fraction of sp³-hybridized carbons (Fsp3) is 0.121. The number of benzene rings is 4. The summed E-state index contributed by atoms with van der Waals surface area (Å²) in [5.74, 6) is -0.286. The molecule has 0 bridgehead atoms. The van der Waals surface area contributed by atoms with Gasteiger partial charge in [-0.05, 0) is 62.2 Å². The molecule has 37 heavy (non-hydrogen) atoms. The van der Waals surface area contributed by atoms with Crippen LogP contribution in [0.3, 0.4) is 0 Å². The molecule has 0 amide bonds. The van der Waals surface area contributed by atoms with Gasteiger partial charge in [0.25, 0.3) is 5.69 Å². The van der Waals surface area contributed by atoms with E-state index in [-0.39, 0.29) is 5.82 Å². The highest BCUT2D eigenvalue weighted by Gasteiger charge is 2.27. The Hall–Kier alpha value is -4.44. The molecule has 0 spiro atoms. The summed E-state index contributed by atoms with van der Waals surface area (Å²) in [5.41, 5.74) is 9.97. The van der Waals surface area contributed by atoms with Crippen LogP contribution in [0.4, 0.5) is 4.39 Å². The van der Waals surface area contributed by atoms with Gasteiger partial charge in [0.05, 0.1) is 22.0 Å². The van der Waals surface area contributed by atoms with Crippen molar-refractivity contribution in [2.45, 2.75) is 20.8 Å². The SMILES string of the molecule is Cc1cc(C)c(C)c(-c2c3oc4cc(-n5c6ccccc6c6ccccc65)ccc4c3c(F)c[n+]2C)c1. The molecule has 0 unspecified atom stereocenters. The van der Waals surface area contributed by atoms with E-state index in [1.54, 1.807) is 6.20 Å². The molecule has 7 aromatic rings. The van der Waals surface area contributed by atoms with Gasteiger partial charge in [-0.2, -0.15) is 8.96 Å². The summed E-state index contributed by atoms with van der Waals surface area (Å²) in [6.07, 6.45) is 1.56. The first-order valence-electron chi connectivity index (χ1n) is 12.5. The molecule has 4 heteroatoms. The summed E-state index contributed by atoms with van der Waals surface area (Å²) < 4.78 is 26.1. The molecule has 0 aliphatic rings. The molecule has 3 aromatic heterocycles. The molecular formula is C33H26FN2O+. The zero-order valence-electron chi connectivity index (χ0n) is 21.3. The highest BCUT2D eigenvalue weighted by molar-refractivity contribution is 6.11. The van der Waals surface area contributed by atoms with E-state index in [4.69, 9.17) is 4.42 Å². The lowest BCUT2D eigenvalue weighted by Gasteiger charge is -2.09. The number of para-hydroxylation sites is 2. The first-order valence-corrected chi connectivity index (χ1v) is 12.5. The molecule has 0 aliphatic heterocycles. The number of hydrogen-bond donors (Lipinski definition) is 0. The highest BCUT2D eigenvalue weighted by Crippen LogP contribution is 2.39. The summed E-state index contributed by atoms with van der Waals surface area (Å²) >= 11 is 0. The number of nitrogens with zero attached hydrogens (tertiary/aromatic N) is 2. The molecular weight excluding hydrogens is 459 g/mol. The summed E-state index contributed by atoms with van der Waals surface area (Å²) in [4.78, 5) is 0. The standard InChI is InChI=1S/C33H26FN2O/c1-19-15-20(2)21(3)26(16-19)32-33-31(27(34)18-35(32)4)25-14-13-22(17-30(25)37-33)36-28-11-7-5-9-23(28)24-10-6-8-12-29(24)36/h5-18H,1-4H3/q+1. The monoisotopic (exact) mass is 485 g/mol. The largest absolute Gasteiger partial charge is 0.449 e. The topological polar surface area (TPSA) is 21.9 Å². The first kappa shape index (κ1) is 21.8. The highest BCUT2D eigenvalue weighted by atomic mass is 19.1. The molecule has 0 fully saturated rings. The normalized spacial score (nSPS) is 11.9. The molecule has 0 saturated heterocycles. The van der Waals surface area contributed by atoms with Gasteiger partial charge in [0.15, 0.2) is 5.82 Å². The van der Waals surface area contributed by atoms with Crippen molar-refractivity contribution in [3.05, 3.63) is 108 Å². The quantitative estimate of drug-likeness (QED) is 0.226. The van der Waals surface area contributed by atoms with Crippen LogP contribution in [0.25, 0.3) is 60.7 Å². The Morgan fingerprint density at radius 2 is 1.46 bits per heavy atom. The molecule has 0 N–H and O–H groups in total.